The van der Waals surface area contributed by atoms with Gasteiger partial charge in [-0.05, 0) is 36.8 Å². The molecule has 0 unspecified atom stereocenters. The van der Waals surface area contributed by atoms with Gasteiger partial charge in [-0.1, -0.05) is 0 Å². The monoisotopic (exact) mass is 300 g/mol. The maximum atomic E-state index is 5.92. The van der Waals surface area contributed by atoms with E-state index in [1.165, 1.54) is 0 Å². The van der Waals surface area contributed by atoms with Crippen LogP contribution in [0.3, 0.4) is 0 Å². The lowest BCUT2D eigenvalue weighted by Gasteiger charge is -2.12. The maximum absolute atomic E-state index is 5.92. The number of aliphatic imine (C=N–C) groups is 1. The molecule has 0 spiro atoms. The molecule has 0 bridgehead atoms. The number of nitrogens with one attached hydrogen (secondary N) is 1. The Morgan fingerprint density at radius 3 is 2.73 bits per heavy atom. The number of rotatable bonds is 5. The number of hydrogen-bond acceptors (Lipinski definition) is 4. The Labute approximate surface area is 130 Å². The largest absolute Gasteiger partial charge is 0.497 e. The van der Waals surface area contributed by atoms with E-state index >= 15 is 0 Å². The molecule has 0 aliphatic rings. The van der Waals surface area contributed by atoms with Crippen LogP contribution in [0.15, 0.2) is 41.5 Å². The van der Waals surface area contributed by atoms with Crippen molar-refractivity contribution in [2.45, 2.75) is 13.5 Å². The molecule has 2 aromatic rings. The second-order valence-electron chi connectivity index (χ2n) is 4.72. The molecule has 116 valence electrons. The van der Waals surface area contributed by atoms with E-state index in [-0.39, 0.29) is 5.96 Å². The first-order chi connectivity index (χ1) is 10.6. The first kappa shape index (κ1) is 15.6. The zero-order chi connectivity index (χ0) is 15.9. The summed E-state index contributed by atoms with van der Waals surface area (Å²) in [6.07, 6.45) is 1.76. The number of methoxy groups -OCH3 is 2. The van der Waals surface area contributed by atoms with Gasteiger partial charge in [0, 0.05) is 12.3 Å². The van der Waals surface area contributed by atoms with E-state index in [2.05, 4.69) is 15.3 Å². The molecule has 3 N–H and O–H groups in total. The maximum Gasteiger partial charge on any atom is 0.193 e. The van der Waals surface area contributed by atoms with Crippen molar-refractivity contribution < 1.29 is 9.47 Å². The van der Waals surface area contributed by atoms with Crippen molar-refractivity contribution in [3.63, 3.8) is 0 Å². The second-order valence-corrected chi connectivity index (χ2v) is 4.72. The van der Waals surface area contributed by atoms with E-state index in [1.807, 2.05) is 25.1 Å². The molecule has 1 aromatic heterocycles. The highest BCUT2D eigenvalue weighted by molar-refractivity contribution is 5.93. The predicted octanol–water partition coefficient (Wildman–Crippen LogP) is 2.33. The Balaban J connectivity index is 2.10. The average Bonchev–Trinajstić information content (AvgIpc) is 2.53. The number of aromatic nitrogens is 1. The molecular formula is C16H20N4O2. The lowest BCUT2D eigenvalue weighted by molar-refractivity contribution is 0.405. The van der Waals surface area contributed by atoms with Gasteiger partial charge < -0.3 is 20.5 Å². The van der Waals surface area contributed by atoms with Gasteiger partial charge in [-0.2, -0.15) is 0 Å². The van der Waals surface area contributed by atoms with Gasteiger partial charge in [-0.25, -0.2) is 4.99 Å². The molecule has 0 atom stereocenters. The van der Waals surface area contributed by atoms with E-state index in [9.17, 15) is 0 Å². The summed E-state index contributed by atoms with van der Waals surface area (Å²) in [6.45, 7) is 2.42. The smallest absolute Gasteiger partial charge is 0.193 e. The van der Waals surface area contributed by atoms with Gasteiger partial charge in [0.15, 0.2) is 5.96 Å². The van der Waals surface area contributed by atoms with Crippen LogP contribution in [0.1, 0.15) is 11.3 Å². The second kappa shape index (κ2) is 7.31. The molecule has 0 saturated heterocycles. The van der Waals surface area contributed by atoms with Crippen LogP contribution in [-0.2, 0) is 6.54 Å². The summed E-state index contributed by atoms with van der Waals surface area (Å²) in [4.78, 5) is 8.53. The van der Waals surface area contributed by atoms with Crippen LogP contribution >= 0.6 is 0 Å². The van der Waals surface area contributed by atoms with Crippen LogP contribution in [0.25, 0.3) is 0 Å². The number of anilines is 1. The van der Waals surface area contributed by atoms with Crippen molar-refractivity contribution in [3.05, 3.63) is 47.8 Å². The van der Waals surface area contributed by atoms with Crippen molar-refractivity contribution in [1.82, 2.24) is 4.98 Å². The minimum Gasteiger partial charge on any atom is -0.497 e. The summed E-state index contributed by atoms with van der Waals surface area (Å²) >= 11 is 0. The Kier molecular flexibility index (Phi) is 5.19. The third-order valence-electron chi connectivity index (χ3n) is 3.05. The number of nitrogens with zero attached hydrogens (tertiary/aromatic N) is 2. The Hall–Kier alpha value is -2.76. The molecule has 0 fully saturated rings. The average molecular weight is 300 g/mol. The Morgan fingerprint density at radius 1 is 1.23 bits per heavy atom. The summed E-state index contributed by atoms with van der Waals surface area (Å²) in [6, 6.07) is 9.33. The SMILES string of the molecule is COc1ccc(OC)c(NC(N)=NCc2cc(C)ccn2)c1. The molecule has 0 amide bonds. The third kappa shape index (κ3) is 4.12. The number of pyridine rings is 1. The molecule has 1 heterocycles. The number of nitrogens with two attached hydrogens (primary N) is 1. The minimum atomic E-state index is 0.287. The fourth-order valence-electron chi connectivity index (χ4n) is 1.94. The zero-order valence-electron chi connectivity index (χ0n) is 13.0. The standard InChI is InChI=1S/C16H20N4O2/c1-11-6-7-18-12(8-11)10-19-16(17)20-14-9-13(21-2)4-5-15(14)22-3/h4-9H,10H2,1-3H3,(H3,17,19,20). The molecule has 22 heavy (non-hydrogen) atoms. The van der Waals surface area contributed by atoms with E-state index < -0.39 is 0 Å². The van der Waals surface area contributed by atoms with Crippen LogP contribution < -0.4 is 20.5 Å². The van der Waals surface area contributed by atoms with Crippen LogP contribution in [0.5, 0.6) is 11.5 Å². The van der Waals surface area contributed by atoms with Gasteiger partial charge in [0.25, 0.3) is 0 Å². The molecule has 0 radical (unpaired) electrons. The molecule has 6 nitrogen and oxygen atoms in total. The highest BCUT2D eigenvalue weighted by Crippen LogP contribution is 2.28. The highest BCUT2D eigenvalue weighted by atomic mass is 16.5. The normalized spacial score (nSPS) is 11.1. The minimum absolute atomic E-state index is 0.287. The first-order valence-electron chi connectivity index (χ1n) is 6.83. The van der Waals surface area contributed by atoms with E-state index in [4.69, 9.17) is 15.2 Å². The summed E-state index contributed by atoms with van der Waals surface area (Å²) in [5, 5.41) is 3.02. The van der Waals surface area contributed by atoms with Gasteiger partial charge in [0.05, 0.1) is 32.1 Å². The number of benzene rings is 1. The summed E-state index contributed by atoms with van der Waals surface area (Å²) in [5.41, 5.74) is 8.62. The lowest BCUT2D eigenvalue weighted by atomic mass is 10.2. The molecular weight excluding hydrogens is 280 g/mol. The van der Waals surface area contributed by atoms with E-state index in [0.717, 1.165) is 11.3 Å². The molecule has 0 aliphatic carbocycles. The van der Waals surface area contributed by atoms with Crippen molar-refractivity contribution >= 4 is 11.6 Å². The van der Waals surface area contributed by atoms with Crippen molar-refractivity contribution in [2.75, 3.05) is 19.5 Å². The molecule has 0 saturated carbocycles. The van der Waals surface area contributed by atoms with Gasteiger partial charge in [-0.15, -0.1) is 0 Å². The molecule has 2 rings (SSSR count). The number of ether oxygens (including phenoxy) is 2. The van der Waals surface area contributed by atoms with Crippen molar-refractivity contribution in [3.8, 4) is 11.5 Å². The number of hydrogen-bond donors (Lipinski definition) is 2. The van der Waals surface area contributed by atoms with E-state index in [1.54, 1.807) is 32.5 Å². The van der Waals surface area contributed by atoms with Gasteiger partial charge >= 0.3 is 0 Å². The fourth-order valence-corrected chi connectivity index (χ4v) is 1.94. The number of aryl methyl sites for hydroxylation is 1. The lowest BCUT2D eigenvalue weighted by Crippen LogP contribution is -2.23. The van der Waals surface area contributed by atoms with Crippen molar-refractivity contribution in [2.24, 2.45) is 10.7 Å². The molecule has 0 aliphatic heterocycles. The first-order valence-corrected chi connectivity index (χ1v) is 6.83. The topological polar surface area (TPSA) is 81.8 Å². The van der Waals surface area contributed by atoms with E-state index in [0.29, 0.717) is 23.7 Å². The van der Waals surface area contributed by atoms with Gasteiger partial charge in [-0.3, -0.25) is 4.98 Å². The van der Waals surface area contributed by atoms with Crippen LogP contribution in [-0.4, -0.2) is 25.2 Å². The third-order valence-corrected chi connectivity index (χ3v) is 3.05. The number of guanidine groups is 1. The van der Waals surface area contributed by atoms with Crippen molar-refractivity contribution in [1.29, 1.82) is 0 Å². The molecule has 6 heteroatoms. The zero-order valence-corrected chi connectivity index (χ0v) is 13.0. The summed E-state index contributed by atoms with van der Waals surface area (Å²) in [5.74, 6) is 1.65. The summed E-state index contributed by atoms with van der Waals surface area (Å²) in [7, 11) is 3.20. The highest BCUT2D eigenvalue weighted by Gasteiger charge is 2.06. The van der Waals surface area contributed by atoms with Crippen LogP contribution in [0, 0.1) is 6.92 Å². The van der Waals surface area contributed by atoms with Gasteiger partial charge in [0.2, 0.25) is 0 Å². The van der Waals surface area contributed by atoms with Crippen LogP contribution in [0.2, 0.25) is 0 Å². The summed E-state index contributed by atoms with van der Waals surface area (Å²) < 4.78 is 10.5. The van der Waals surface area contributed by atoms with Crippen LogP contribution in [0.4, 0.5) is 5.69 Å². The quantitative estimate of drug-likeness (QED) is 0.654. The fraction of sp³-hybridized carbons (Fsp3) is 0.250. The predicted molar refractivity (Wildman–Crippen MR) is 87.5 cm³/mol. The molecule has 1 aromatic carbocycles. The Bertz CT molecular complexity index is 671. The Morgan fingerprint density at radius 2 is 2.05 bits per heavy atom. The van der Waals surface area contributed by atoms with Gasteiger partial charge in [0.1, 0.15) is 11.5 Å².